The van der Waals surface area contributed by atoms with Gasteiger partial charge < -0.3 is 10.1 Å². The summed E-state index contributed by atoms with van der Waals surface area (Å²) in [6.07, 6.45) is -2.98. The van der Waals surface area contributed by atoms with Crippen LogP contribution in [0.4, 0.5) is 13.2 Å². The highest BCUT2D eigenvalue weighted by molar-refractivity contribution is 6.12. The van der Waals surface area contributed by atoms with Gasteiger partial charge in [0.2, 0.25) is 0 Å². The zero-order valence-corrected chi connectivity index (χ0v) is 13.7. The molecule has 0 aliphatic heterocycles. The van der Waals surface area contributed by atoms with E-state index in [1.54, 1.807) is 40.8 Å². The van der Waals surface area contributed by atoms with Crippen molar-refractivity contribution in [2.75, 3.05) is 14.2 Å². The van der Waals surface area contributed by atoms with Gasteiger partial charge >= 0.3 is 6.18 Å². The maximum Gasteiger partial charge on any atom is 0.423 e. The van der Waals surface area contributed by atoms with E-state index in [0.717, 1.165) is 12.8 Å². The SMILES string of the molecule is CN/C(C)=C/C(C)(C)C1=C(C)CC(OC)=C(C(F)(F)F)C1=O. The van der Waals surface area contributed by atoms with Crippen molar-refractivity contribution in [3.05, 3.63) is 34.3 Å². The number of methoxy groups -OCH3 is 1. The zero-order chi connectivity index (χ0) is 17.3. The van der Waals surface area contributed by atoms with Crippen LogP contribution in [0, 0.1) is 5.41 Å². The highest BCUT2D eigenvalue weighted by Gasteiger charge is 2.47. The van der Waals surface area contributed by atoms with Gasteiger partial charge in [-0.3, -0.25) is 4.79 Å². The Bertz CT molecular complexity index is 566. The van der Waals surface area contributed by atoms with Crippen LogP contribution in [0.25, 0.3) is 0 Å². The zero-order valence-electron chi connectivity index (χ0n) is 13.7. The Balaban J connectivity index is 3.44. The molecule has 0 saturated carbocycles. The Morgan fingerprint density at radius 2 is 1.82 bits per heavy atom. The smallest absolute Gasteiger partial charge is 0.423 e. The number of carbonyl (C=O) groups is 1. The van der Waals surface area contributed by atoms with E-state index in [-0.39, 0.29) is 17.8 Å². The van der Waals surface area contributed by atoms with E-state index >= 15 is 0 Å². The molecular formula is C16H22F3NO2. The molecule has 0 unspecified atom stereocenters. The summed E-state index contributed by atoms with van der Waals surface area (Å²) in [6, 6.07) is 0. The third-order valence-corrected chi connectivity index (χ3v) is 3.73. The third-order valence-electron chi connectivity index (χ3n) is 3.73. The molecule has 6 heteroatoms. The van der Waals surface area contributed by atoms with Crippen LogP contribution in [-0.2, 0) is 9.53 Å². The number of Topliss-reactive ketones (excluding diaryl/α,β-unsaturated/α-hetero) is 1. The van der Waals surface area contributed by atoms with Gasteiger partial charge in [0.25, 0.3) is 0 Å². The van der Waals surface area contributed by atoms with E-state index in [2.05, 4.69) is 5.32 Å². The lowest BCUT2D eigenvalue weighted by Gasteiger charge is -2.32. The van der Waals surface area contributed by atoms with Crippen molar-refractivity contribution >= 4 is 5.78 Å². The molecule has 0 aromatic carbocycles. The molecule has 0 radical (unpaired) electrons. The van der Waals surface area contributed by atoms with Gasteiger partial charge in [-0.15, -0.1) is 0 Å². The second-order valence-electron chi connectivity index (χ2n) is 5.96. The van der Waals surface area contributed by atoms with Crippen molar-refractivity contribution in [1.29, 1.82) is 0 Å². The van der Waals surface area contributed by atoms with Gasteiger partial charge in [-0.2, -0.15) is 13.2 Å². The lowest BCUT2D eigenvalue weighted by molar-refractivity contribution is -0.128. The van der Waals surface area contributed by atoms with Gasteiger partial charge in [-0.1, -0.05) is 25.5 Å². The first-order valence-corrected chi connectivity index (χ1v) is 6.92. The topological polar surface area (TPSA) is 38.3 Å². The Labute approximate surface area is 128 Å². The van der Waals surface area contributed by atoms with Gasteiger partial charge in [0.05, 0.1) is 7.11 Å². The van der Waals surface area contributed by atoms with Crippen LogP contribution in [0.15, 0.2) is 34.3 Å². The maximum absolute atomic E-state index is 13.2. The summed E-state index contributed by atoms with van der Waals surface area (Å²) < 4.78 is 44.5. The van der Waals surface area contributed by atoms with Gasteiger partial charge in [-0.05, 0) is 13.8 Å². The number of hydrogen-bond acceptors (Lipinski definition) is 3. The van der Waals surface area contributed by atoms with Crippen molar-refractivity contribution in [2.24, 2.45) is 5.41 Å². The number of ketones is 1. The van der Waals surface area contributed by atoms with Gasteiger partial charge in [0, 0.05) is 30.2 Å². The average Bonchev–Trinajstić information content (AvgIpc) is 2.34. The third kappa shape index (κ3) is 3.54. The Kier molecular flexibility index (Phi) is 5.15. The molecule has 1 aliphatic rings. The summed E-state index contributed by atoms with van der Waals surface area (Å²) >= 11 is 0. The number of nitrogens with one attached hydrogen (secondary N) is 1. The minimum atomic E-state index is -4.73. The monoisotopic (exact) mass is 317 g/mol. The van der Waals surface area contributed by atoms with Gasteiger partial charge in [0.15, 0.2) is 5.78 Å². The largest absolute Gasteiger partial charge is 0.500 e. The van der Waals surface area contributed by atoms with Crippen LogP contribution in [-0.4, -0.2) is 26.1 Å². The molecule has 0 amide bonds. The lowest BCUT2D eigenvalue weighted by atomic mass is 9.73. The van der Waals surface area contributed by atoms with Crippen LogP contribution in [0.1, 0.15) is 34.1 Å². The van der Waals surface area contributed by atoms with Crippen molar-refractivity contribution < 1.29 is 22.7 Å². The lowest BCUT2D eigenvalue weighted by Crippen LogP contribution is -2.33. The molecule has 0 atom stereocenters. The number of allylic oxidation sites excluding steroid dienone is 5. The fraction of sp³-hybridized carbons (Fsp3) is 0.562. The van der Waals surface area contributed by atoms with Crippen LogP contribution < -0.4 is 5.32 Å². The molecule has 0 aromatic heterocycles. The van der Waals surface area contributed by atoms with Crippen molar-refractivity contribution in [3.63, 3.8) is 0 Å². The van der Waals surface area contributed by atoms with E-state index in [4.69, 9.17) is 4.74 Å². The molecule has 0 spiro atoms. The quantitative estimate of drug-likeness (QED) is 0.855. The van der Waals surface area contributed by atoms with E-state index < -0.39 is 22.9 Å². The van der Waals surface area contributed by atoms with Crippen LogP contribution in [0.3, 0.4) is 0 Å². The van der Waals surface area contributed by atoms with E-state index in [1.807, 2.05) is 0 Å². The Morgan fingerprint density at radius 1 is 1.27 bits per heavy atom. The fourth-order valence-electron chi connectivity index (χ4n) is 2.85. The molecule has 124 valence electrons. The van der Waals surface area contributed by atoms with E-state index in [0.29, 0.717) is 5.57 Å². The molecule has 0 fully saturated rings. The maximum atomic E-state index is 13.2. The number of hydrogen-bond donors (Lipinski definition) is 1. The minimum Gasteiger partial charge on any atom is -0.500 e. The van der Waals surface area contributed by atoms with E-state index in [9.17, 15) is 18.0 Å². The molecule has 22 heavy (non-hydrogen) atoms. The first-order chi connectivity index (χ1) is 9.95. The molecule has 0 aromatic rings. The molecule has 0 heterocycles. The fourth-order valence-corrected chi connectivity index (χ4v) is 2.85. The number of halogens is 3. The molecule has 1 N–H and O–H groups in total. The minimum absolute atomic E-state index is 0.0116. The Hall–Kier alpha value is -1.72. The number of rotatable bonds is 4. The molecule has 1 aliphatic carbocycles. The summed E-state index contributed by atoms with van der Waals surface area (Å²) in [4.78, 5) is 12.5. The Morgan fingerprint density at radius 3 is 2.23 bits per heavy atom. The van der Waals surface area contributed by atoms with Crippen molar-refractivity contribution in [1.82, 2.24) is 5.32 Å². The predicted molar refractivity (Wildman–Crippen MR) is 79.0 cm³/mol. The first-order valence-electron chi connectivity index (χ1n) is 6.92. The van der Waals surface area contributed by atoms with Crippen LogP contribution >= 0.6 is 0 Å². The van der Waals surface area contributed by atoms with Crippen LogP contribution in [0.5, 0.6) is 0 Å². The second-order valence-corrected chi connectivity index (χ2v) is 5.96. The standard InChI is InChI=1S/C16H22F3NO2/c1-9-7-11(22-6)13(16(17,18)19)14(21)12(9)15(3,4)8-10(2)20-5/h8,20H,7H2,1-6H3/b10-8+. The normalized spacial score (nSPS) is 18.0. The van der Waals surface area contributed by atoms with E-state index in [1.165, 1.54) is 0 Å². The highest BCUT2D eigenvalue weighted by Crippen LogP contribution is 2.43. The number of carbonyl (C=O) groups excluding carboxylic acids is 1. The van der Waals surface area contributed by atoms with Gasteiger partial charge in [-0.25, -0.2) is 0 Å². The molecule has 0 saturated heterocycles. The summed E-state index contributed by atoms with van der Waals surface area (Å²) in [5.41, 5.74) is -0.452. The summed E-state index contributed by atoms with van der Waals surface area (Å²) in [6.45, 7) is 6.93. The highest BCUT2D eigenvalue weighted by atomic mass is 19.4. The van der Waals surface area contributed by atoms with Crippen LogP contribution in [0.2, 0.25) is 0 Å². The molecule has 0 bridgehead atoms. The number of alkyl halides is 3. The van der Waals surface area contributed by atoms with Crippen molar-refractivity contribution in [3.8, 4) is 0 Å². The molecule has 1 rings (SSSR count). The summed E-state index contributed by atoms with van der Waals surface area (Å²) in [7, 11) is 2.87. The second kappa shape index (κ2) is 6.18. The molecule has 3 nitrogen and oxygen atoms in total. The first kappa shape index (κ1) is 18.3. The predicted octanol–water partition coefficient (Wildman–Crippen LogP) is 3.89. The average molecular weight is 317 g/mol. The summed E-state index contributed by atoms with van der Waals surface area (Å²) in [5, 5.41) is 2.92. The van der Waals surface area contributed by atoms with Gasteiger partial charge in [0.1, 0.15) is 11.3 Å². The number of ether oxygens (including phenoxy) is 1. The van der Waals surface area contributed by atoms with Crippen molar-refractivity contribution in [2.45, 2.75) is 40.3 Å². The molecular weight excluding hydrogens is 295 g/mol. The summed E-state index contributed by atoms with van der Waals surface area (Å²) in [5.74, 6) is -1.32.